The molecule has 4 rings (SSSR count). The van der Waals surface area contributed by atoms with E-state index in [1.165, 1.54) is 22.4 Å². The third-order valence-electron chi connectivity index (χ3n) is 5.33. The highest BCUT2D eigenvalue weighted by atomic mass is 15.1. The zero-order valence-electron chi connectivity index (χ0n) is 17.7. The first kappa shape index (κ1) is 20.4. The lowest BCUT2D eigenvalue weighted by Gasteiger charge is -2.29. The van der Waals surface area contributed by atoms with Gasteiger partial charge >= 0.3 is 0 Å². The van der Waals surface area contributed by atoms with E-state index < -0.39 is 0 Å². The molecule has 151 valence electrons. The second kappa shape index (κ2) is 9.77. The van der Waals surface area contributed by atoms with Crippen LogP contribution in [0.5, 0.6) is 0 Å². The smallest absolute Gasteiger partial charge is 0.0537 e. The molecule has 0 fully saturated rings. The van der Waals surface area contributed by atoms with Crippen molar-refractivity contribution in [3.63, 3.8) is 0 Å². The Morgan fingerprint density at radius 1 is 0.645 bits per heavy atom. The summed E-state index contributed by atoms with van der Waals surface area (Å²) in [5.74, 6) is 0. The molecule has 1 radical (unpaired) electrons. The first-order valence-electron chi connectivity index (χ1n) is 10.5. The Morgan fingerprint density at radius 2 is 1.13 bits per heavy atom. The Balaban J connectivity index is 2.10. The van der Waals surface area contributed by atoms with Crippen LogP contribution >= 0.6 is 0 Å². The molecular formula is C30H26N. The second-order valence-electron chi connectivity index (χ2n) is 7.38. The van der Waals surface area contributed by atoms with Crippen LogP contribution in [-0.4, -0.2) is 13.1 Å². The summed E-state index contributed by atoms with van der Waals surface area (Å²) in [5, 5.41) is 0. The molecule has 1 nitrogen and oxygen atoms in total. The van der Waals surface area contributed by atoms with E-state index in [1.54, 1.807) is 0 Å². The molecule has 0 bridgehead atoms. The Kier molecular flexibility index (Phi) is 6.44. The molecule has 0 atom stereocenters. The number of nitrogens with zero attached hydrogens (tertiary/aromatic N) is 1. The number of hydrogen-bond donors (Lipinski definition) is 0. The van der Waals surface area contributed by atoms with Crippen LogP contribution in [0.3, 0.4) is 0 Å². The normalized spacial score (nSPS) is 10.5. The lowest BCUT2D eigenvalue weighted by molar-refractivity contribution is 0.959. The van der Waals surface area contributed by atoms with Crippen molar-refractivity contribution in [1.29, 1.82) is 0 Å². The first-order valence-corrected chi connectivity index (χ1v) is 10.5. The molecule has 31 heavy (non-hydrogen) atoms. The van der Waals surface area contributed by atoms with Crippen LogP contribution in [0.1, 0.15) is 0 Å². The van der Waals surface area contributed by atoms with Crippen molar-refractivity contribution in [2.24, 2.45) is 0 Å². The Bertz CT molecular complexity index is 1140. The van der Waals surface area contributed by atoms with Crippen molar-refractivity contribution >= 4 is 5.69 Å². The number of rotatable bonds is 8. The summed E-state index contributed by atoms with van der Waals surface area (Å²) in [6, 6.07) is 37.4. The van der Waals surface area contributed by atoms with Crippen LogP contribution in [-0.2, 0) is 0 Å². The van der Waals surface area contributed by atoms with Crippen LogP contribution in [0, 0.1) is 6.07 Å². The summed E-state index contributed by atoms with van der Waals surface area (Å²) in [5.41, 5.74) is 8.10. The molecule has 0 heterocycles. The van der Waals surface area contributed by atoms with Crippen molar-refractivity contribution in [3.8, 4) is 33.4 Å². The molecule has 0 aliphatic rings. The Hall–Kier alpha value is -3.84. The SMILES string of the molecule is C=CCN(CC=C)c1c(-c2ccccc2)c[c]c(-c2ccccc2)c1-c1ccccc1. The highest BCUT2D eigenvalue weighted by molar-refractivity contribution is 5.99. The van der Waals surface area contributed by atoms with Gasteiger partial charge in [0, 0.05) is 24.2 Å². The minimum atomic E-state index is 0.726. The Labute approximate surface area is 185 Å². The first-order chi connectivity index (χ1) is 15.3. The van der Waals surface area contributed by atoms with Crippen LogP contribution in [0.25, 0.3) is 33.4 Å². The summed E-state index contributed by atoms with van der Waals surface area (Å²) in [6.45, 7) is 9.47. The second-order valence-corrected chi connectivity index (χ2v) is 7.38. The molecule has 0 amide bonds. The van der Waals surface area contributed by atoms with Crippen molar-refractivity contribution < 1.29 is 0 Å². The molecule has 4 aromatic rings. The summed E-state index contributed by atoms with van der Waals surface area (Å²) in [6.07, 6.45) is 3.90. The van der Waals surface area contributed by atoms with E-state index in [-0.39, 0.29) is 0 Å². The van der Waals surface area contributed by atoms with Crippen LogP contribution in [0.2, 0.25) is 0 Å². The molecule has 0 aromatic heterocycles. The van der Waals surface area contributed by atoms with Gasteiger partial charge in [0.25, 0.3) is 0 Å². The van der Waals surface area contributed by atoms with Crippen molar-refractivity contribution in [3.05, 3.63) is 128 Å². The molecule has 0 aliphatic heterocycles. The summed E-state index contributed by atoms with van der Waals surface area (Å²) in [4.78, 5) is 2.34. The van der Waals surface area contributed by atoms with Gasteiger partial charge in [-0.1, -0.05) is 103 Å². The minimum Gasteiger partial charge on any atom is -0.363 e. The molecular weight excluding hydrogens is 374 g/mol. The predicted octanol–water partition coefficient (Wildman–Crippen LogP) is 7.67. The highest BCUT2D eigenvalue weighted by Crippen LogP contribution is 2.45. The lowest BCUT2D eigenvalue weighted by atomic mass is 9.88. The van der Waals surface area contributed by atoms with Gasteiger partial charge in [-0.25, -0.2) is 0 Å². The van der Waals surface area contributed by atoms with Gasteiger partial charge in [-0.15, -0.1) is 13.2 Å². The van der Waals surface area contributed by atoms with E-state index in [0.29, 0.717) is 0 Å². The molecule has 0 unspecified atom stereocenters. The van der Waals surface area contributed by atoms with Gasteiger partial charge in [-0.3, -0.25) is 0 Å². The number of benzene rings is 4. The van der Waals surface area contributed by atoms with E-state index in [1.807, 2.05) is 18.2 Å². The summed E-state index contributed by atoms with van der Waals surface area (Å²) in [7, 11) is 0. The minimum absolute atomic E-state index is 0.726. The van der Waals surface area contributed by atoms with Gasteiger partial charge in [0.2, 0.25) is 0 Å². The van der Waals surface area contributed by atoms with E-state index in [4.69, 9.17) is 0 Å². The molecule has 0 aliphatic carbocycles. The number of anilines is 1. The Morgan fingerprint density at radius 3 is 1.65 bits per heavy atom. The summed E-state index contributed by atoms with van der Waals surface area (Å²) >= 11 is 0. The van der Waals surface area contributed by atoms with Gasteiger partial charge in [-0.05, 0) is 34.4 Å². The maximum Gasteiger partial charge on any atom is 0.0537 e. The highest BCUT2D eigenvalue weighted by Gasteiger charge is 2.21. The number of hydrogen-bond acceptors (Lipinski definition) is 1. The average Bonchev–Trinajstić information content (AvgIpc) is 2.84. The van der Waals surface area contributed by atoms with Gasteiger partial charge in [0.15, 0.2) is 0 Å². The third-order valence-corrected chi connectivity index (χ3v) is 5.33. The monoisotopic (exact) mass is 400 g/mol. The maximum absolute atomic E-state index is 4.01. The fraction of sp³-hybridized carbons (Fsp3) is 0.0667. The van der Waals surface area contributed by atoms with E-state index in [2.05, 4.69) is 115 Å². The third kappa shape index (κ3) is 4.36. The van der Waals surface area contributed by atoms with Gasteiger partial charge < -0.3 is 4.90 Å². The predicted molar refractivity (Wildman–Crippen MR) is 134 cm³/mol. The fourth-order valence-electron chi connectivity index (χ4n) is 3.99. The van der Waals surface area contributed by atoms with Crippen molar-refractivity contribution in [2.45, 2.75) is 0 Å². The maximum atomic E-state index is 4.01. The zero-order chi connectivity index (χ0) is 21.5. The lowest BCUT2D eigenvalue weighted by Crippen LogP contribution is -2.24. The fourth-order valence-corrected chi connectivity index (χ4v) is 3.99. The van der Waals surface area contributed by atoms with E-state index >= 15 is 0 Å². The van der Waals surface area contributed by atoms with Crippen LogP contribution in [0.4, 0.5) is 5.69 Å². The van der Waals surface area contributed by atoms with E-state index in [9.17, 15) is 0 Å². The molecule has 0 saturated carbocycles. The average molecular weight is 401 g/mol. The quantitative estimate of drug-likeness (QED) is 0.274. The largest absolute Gasteiger partial charge is 0.363 e. The van der Waals surface area contributed by atoms with Crippen molar-refractivity contribution in [2.75, 3.05) is 18.0 Å². The van der Waals surface area contributed by atoms with Gasteiger partial charge in [0.1, 0.15) is 0 Å². The van der Waals surface area contributed by atoms with Gasteiger partial charge in [-0.2, -0.15) is 0 Å². The standard InChI is InChI=1S/C30H26N/c1-3-22-31(23-4-2)30-28(25-16-10-6-11-17-25)21-20-27(24-14-8-5-9-15-24)29(30)26-18-12-7-13-19-26/h3-19,21H,1-2,22-23H2. The van der Waals surface area contributed by atoms with Gasteiger partial charge in [0.05, 0.1) is 5.69 Å². The zero-order valence-corrected chi connectivity index (χ0v) is 17.7. The molecule has 1 heteroatoms. The van der Waals surface area contributed by atoms with Crippen LogP contribution in [0.15, 0.2) is 122 Å². The van der Waals surface area contributed by atoms with Crippen molar-refractivity contribution in [1.82, 2.24) is 0 Å². The summed E-state index contributed by atoms with van der Waals surface area (Å²) < 4.78 is 0. The molecule has 0 spiro atoms. The molecule has 4 aromatic carbocycles. The molecule has 0 N–H and O–H groups in total. The van der Waals surface area contributed by atoms with Crippen LogP contribution < -0.4 is 4.90 Å². The topological polar surface area (TPSA) is 3.24 Å². The molecule has 0 saturated heterocycles. The van der Waals surface area contributed by atoms with E-state index in [0.717, 1.165) is 29.8 Å².